The molecular formula is C25H21ClN4O2S. The smallest absolute Gasteiger partial charge is 0.283 e. The molecule has 2 aliphatic heterocycles. The standard InChI is InChI=1S/C25H21ClN4O2S/c1-16-14-30-23(27)19(24(31)28-25(30)33-16)13-17-15-29(21-9-4-2-7-18(17)21)11-6-12-32-22-10-5-3-8-20(22)26/h2-5,7-10,13-15,27H,6,11-12H2,1H3/b19-13-,27-23?. The molecule has 0 spiro atoms. The van der Waals surface area contributed by atoms with E-state index in [-0.39, 0.29) is 17.3 Å². The number of carbonyl (C=O) groups excluding carboxylic acids is 1. The Kier molecular flexibility index (Phi) is 5.83. The van der Waals surface area contributed by atoms with Crippen molar-refractivity contribution in [1.29, 1.82) is 5.41 Å². The van der Waals surface area contributed by atoms with Crippen LogP contribution in [0.2, 0.25) is 5.02 Å². The highest BCUT2D eigenvalue weighted by molar-refractivity contribution is 8.17. The number of fused-ring (bicyclic) bond motifs is 2. The lowest BCUT2D eigenvalue weighted by Gasteiger charge is -2.22. The van der Waals surface area contributed by atoms with E-state index in [0.717, 1.165) is 34.3 Å². The van der Waals surface area contributed by atoms with Gasteiger partial charge in [-0.3, -0.25) is 15.1 Å². The van der Waals surface area contributed by atoms with Crippen molar-refractivity contribution in [2.45, 2.75) is 19.9 Å². The summed E-state index contributed by atoms with van der Waals surface area (Å²) in [5.41, 5.74) is 2.24. The van der Waals surface area contributed by atoms with Crippen LogP contribution < -0.4 is 4.74 Å². The zero-order valence-electron chi connectivity index (χ0n) is 17.9. The van der Waals surface area contributed by atoms with Crippen LogP contribution in [0, 0.1) is 5.41 Å². The van der Waals surface area contributed by atoms with Crippen LogP contribution in [0.25, 0.3) is 17.0 Å². The molecule has 0 unspecified atom stereocenters. The van der Waals surface area contributed by atoms with Crippen molar-refractivity contribution >= 4 is 57.3 Å². The molecule has 1 aromatic heterocycles. The Hall–Kier alpha value is -3.29. The van der Waals surface area contributed by atoms with Crippen molar-refractivity contribution < 1.29 is 9.53 Å². The van der Waals surface area contributed by atoms with Crippen LogP contribution in [0.4, 0.5) is 0 Å². The minimum atomic E-state index is -0.383. The third-order valence-corrected chi connectivity index (χ3v) is 6.66. The molecule has 0 saturated heterocycles. The number of hydrogen-bond donors (Lipinski definition) is 1. The molecule has 3 heterocycles. The number of amides is 1. The topological polar surface area (TPSA) is 70.7 Å². The number of hydrogen-bond acceptors (Lipinski definition) is 4. The molecular weight excluding hydrogens is 456 g/mol. The number of para-hydroxylation sites is 2. The first-order valence-electron chi connectivity index (χ1n) is 10.6. The molecule has 3 aromatic rings. The predicted octanol–water partition coefficient (Wildman–Crippen LogP) is 5.93. The van der Waals surface area contributed by atoms with Gasteiger partial charge < -0.3 is 9.30 Å². The van der Waals surface area contributed by atoms with Crippen LogP contribution in [-0.4, -0.2) is 33.0 Å². The van der Waals surface area contributed by atoms with E-state index >= 15 is 0 Å². The molecule has 2 aliphatic rings. The summed E-state index contributed by atoms with van der Waals surface area (Å²) in [6.45, 7) is 3.22. The largest absolute Gasteiger partial charge is 0.492 e. The molecule has 8 heteroatoms. The zero-order valence-corrected chi connectivity index (χ0v) is 19.5. The van der Waals surface area contributed by atoms with Crippen LogP contribution in [0.1, 0.15) is 18.9 Å². The van der Waals surface area contributed by atoms with Crippen LogP contribution >= 0.6 is 23.4 Å². The average Bonchev–Trinajstić information content (AvgIpc) is 3.35. The maximum atomic E-state index is 12.7. The van der Waals surface area contributed by atoms with Crippen molar-refractivity contribution in [3.8, 4) is 5.75 Å². The number of thioether (sulfide) groups is 1. The lowest BCUT2D eigenvalue weighted by Crippen LogP contribution is -2.35. The second kappa shape index (κ2) is 8.92. The molecule has 5 rings (SSSR count). The first-order valence-corrected chi connectivity index (χ1v) is 11.7. The SMILES string of the molecule is CC1=CN2C(=N)/C(=C/c3cn(CCCOc4ccccc4Cl)c4ccccc34)C(=O)N=C2S1. The van der Waals surface area contributed by atoms with Crippen LogP contribution in [0.5, 0.6) is 5.75 Å². The van der Waals surface area contributed by atoms with Crippen LogP contribution in [0.3, 0.4) is 0 Å². The molecule has 166 valence electrons. The third kappa shape index (κ3) is 4.21. The highest BCUT2D eigenvalue weighted by Crippen LogP contribution is 2.33. The van der Waals surface area contributed by atoms with Crippen LogP contribution in [-0.2, 0) is 11.3 Å². The number of benzene rings is 2. The van der Waals surface area contributed by atoms with Crippen LogP contribution in [0.15, 0.2) is 76.4 Å². The highest BCUT2D eigenvalue weighted by Gasteiger charge is 2.33. The summed E-state index contributed by atoms with van der Waals surface area (Å²) in [5, 5.41) is 10.7. The molecule has 0 saturated carbocycles. The van der Waals surface area contributed by atoms with Gasteiger partial charge in [-0.25, -0.2) is 0 Å². The number of ether oxygens (including phenoxy) is 1. The van der Waals surface area contributed by atoms with Gasteiger partial charge in [0.25, 0.3) is 5.91 Å². The Bertz CT molecular complexity index is 1370. The molecule has 2 aromatic carbocycles. The van der Waals surface area contributed by atoms with Gasteiger partial charge in [0, 0.05) is 40.3 Å². The number of aryl methyl sites for hydroxylation is 1. The number of nitrogens with zero attached hydrogens (tertiary/aromatic N) is 3. The summed E-state index contributed by atoms with van der Waals surface area (Å²) in [4.78, 5) is 19.5. The fourth-order valence-corrected chi connectivity index (χ4v) is 4.92. The maximum Gasteiger partial charge on any atom is 0.283 e. The Morgan fingerprint density at radius 2 is 1.97 bits per heavy atom. The number of aliphatic imine (C=N–C) groups is 1. The number of allylic oxidation sites excluding steroid dienone is 1. The van der Waals surface area contributed by atoms with E-state index in [1.54, 1.807) is 11.0 Å². The Morgan fingerprint density at radius 1 is 1.18 bits per heavy atom. The van der Waals surface area contributed by atoms with Gasteiger partial charge in [-0.2, -0.15) is 4.99 Å². The van der Waals surface area contributed by atoms with E-state index in [4.69, 9.17) is 21.7 Å². The first kappa shape index (κ1) is 21.6. The van der Waals surface area contributed by atoms with Crippen molar-refractivity contribution in [3.05, 3.63) is 82.0 Å². The molecule has 33 heavy (non-hydrogen) atoms. The predicted molar refractivity (Wildman–Crippen MR) is 135 cm³/mol. The lowest BCUT2D eigenvalue weighted by atomic mass is 10.1. The number of nitrogens with one attached hydrogen (secondary N) is 1. The molecule has 1 amide bonds. The van der Waals surface area contributed by atoms with Crippen molar-refractivity contribution in [1.82, 2.24) is 9.47 Å². The summed E-state index contributed by atoms with van der Waals surface area (Å²) in [6.07, 6.45) is 6.43. The number of aromatic nitrogens is 1. The van der Waals surface area contributed by atoms with E-state index in [1.165, 1.54) is 11.8 Å². The van der Waals surface area contributed by atoms with Gasteiger partial charge in [-0.05, 0) is 37.6 Å². The van der Waals surface area contributed by atoms with Gasteiger partial charge in [0.1, 0.15) is 11.6 Å². The third-order valence-electron chi connectivity index (χ3n) is 5.45. The lowest BCUT2D eigenvalue weighted by molar-refractivity contribution is -0.114. The number of halogens is 1. The van der Waals surface area contributed by atoms with E-state index in [0.29, 0.717) is 22.5 Å². The monoisotopic (exact) mass is 476 g/mol. The Labute approximate surface area is 200 Å². The second-order valence-electron chi connectivity index (χ2n) is 7.75. The highest BCUT2D eigenvalue weighted by atomic mass is 35.5. The molecule has 0 atom stereocenters. The fraction of sp³-hybridized carbons (Fsp3) is 0.160. The average molecular weight is 477 g/mol. The van der Waals surface area contributed by atoms with Crippen molar-refractivity contribution in [2.75, 3.05) is 6.61 Å². The first-order chi connectivity index (χ1) is 16.0. The maximum absolute atomic E-state index is 12.7. The molecule has 0 bridgehead atoms. The molecule has 0 aliphatic carbocycles. The van der Waals surface area contributed by atoms with Crippen molar-refractivity contribution in [3.63, 3.8) is 0 Å². The summed E-state index contributed by atoms with van der Waals surface area (Å²) in [7, 11) is 0. The van der Waals surface area contributed by atoms with E-state index in [1.807, 2.05) is 61.8 Å². The Morgan fingerprint density at radius 3 is 2.82 bits per heavy atom. The number of carbonyl (C=O) groups is 1. The molecule has 0 radical (unpaired) electrons. The van der Waals surface area contributed by atoms with Gasteiger partial charge in [0.15, 0.2) is 5.17 Å². The minimum absolute atomic E-state index is 0.152. The van der Waals surface area contributed by atoms with Gasteiger partial charge in [-0.15, -0.1) is 0 Å². The summed E-state index contributed by atoms with van der Waals surface area (Å²) in [6, 6.07) is 15.5. The van der Waals surface area contributed by atoms with Gasteiger partial charge in [0.2, 0.25) is 0 Å². The van der Waals surface area contributed by atoms with Gasteiger partial charge in [-0.1, -0.05) is 53.7 Å². The minimum Gasteiger partial charge on any atom is -0.492 e. The quantitative estimate of drug-likeness (QED) is 0.353. The second-order valence-corrected chi connectivity index (χ2v) is 9.37. The Balaban J connectivity index is 1.38. The summed E-state index contributed by atoms with van der Waals surface area (Å²) in [5.74, 6) is 0.451. The van der Waals surface area contributed by atoms with Crippen molar-refractivity contribution in [2.24, 2.45) is 4.99 Å². The number of amidine groups is 2. The normalized spacial score (nSPS) is 16.9. The summed E-state index contributed by atoms with van der Waals surface area (Å²) >= 11 is 7.57. The van der Waals surface area contributed by atoms with Gasteiger partial charge in [0.05, 0.1) is 17.2 Å². The number of rotatable bonds is 6. The summed E-state index contributed by atoms with van der Waals surface area (Å²) < 4.78 is 7.97. The molecule has 6 nitrogen and oxygen atoms in total. The van der Waals surface area contributed by atoms with Gasteiger partial charge >= 0.3 is 0 Å². The molecule has 0 fully saturated rings. The fourth-order valence-electron chi connectivity index (χ4n) is 3.91. The van der Waals surface area contributed by atoms with E-state index in [9.17, 15) is 4.79 Å². The van der Waals surface area contributed by atoms with E-state index in [2.05, 4.69) is 15.6 Å². The molecule has 1 N–H and O–H groups in total. The van der Waals surface area contributed by atoms with E-state index < -0.39 is 0 Å². The zero-order chi connectivity index (χ0) is 22.9.